The molecule has 0 heterocycles. The summed E-state index contributed by atoms with van der Waals surface area (Å²) in [5.41, 5.74) is 11.6. The van der Waals surface area contributed by atoms with Gasteiger partial charge in [-0.25, -0.2) is 0 Å². The zero-order valence-electron chi connectivity index (χ0n) is 6.55. The summed E-state index contributed by atoms with van der Waals surface area (Å²) in [6, 6.07) is 0.903. The minimum atomic E-state index is 0.451. The van der Waals surface area contributed by atoms with Crippen LogP contribution in [0.2, 0.25) is 0 Å². The van der Waals surface area contributed by atoms with Crippen LogP contribution in [-0.2, 0) is 0 Å². The standard InChI is InChI=1S/C8H18N2/c9-7-3-1-4-8(10)6-2-5-7/h7-8H,1-6,9-10H2. The van der Waals surface area contributed by atoms with Crippen molar-refractivity contribution < 1.29 is 0 Å². The van der Waals surface area contributed by atoms with E-state index in [0.29, 0.717) is 12.1 Å². The first-order chi connectivity index (χ1) is 4.79. The Labute approximate surface area is 63.0 Å². The maximum atomic E-state index is 5.81. The van der Waals surface area contributed by atoms with Crippen LogP contribution in [0.15, 0.2) is 0 Å². The molecule has 0 spiro atoms. The monoisotopic (exact) mass is 142 g/mol. The van der Waals surface area contributed by atoms with Crippen molar-refractivity contribution in [2.24, 2.45) is 11.5 Å². The molecule has 10 heavy (non-hydrogen) atoms. The predicted octanol–water partition coefficient (Wildman–Crippen LogP) is 0.995. The van der Waals surface area contributed by atoms with E-state index in [1.54, 1.807) is 0 Å². The molecule has 0 unspecified atom stereocenters. The zero-order chi connectivity index (χ0) is 7.40. The van der Waals surface area contributed by atoms with Crippen LogP contribution in [0.4, 0.5) is 0 Å². The third-order valence-corrected chi connectivity index (χ3v) is 2.30. The van der Waals surface area contributed by atoms with Crippen molar-refractivity contribution >= 4 is 0 Å². The van der Waals surface area contributed by atoms with Crippen LogP contribution in [0.5, 0.6) is 0 Å². The van der Waals surface area contributed by atoms with Gasteiger partial charge < -0.3 is 11.5 Å². The quantitative estimate of drug-likeness (QED) is 0.530. The predicted molar refractivity (Wildman–Crippen MR) is 43.7 cm³/mol. The molecular formula is C8H18N2. The van der Waals surface area contributed by atoms with Crippen LogP contribution in [0, 0.1) is 0 Å². The summed E-state index contributed by atoms with van der Waals surface area (Å²) < 4.78 is 0. The molecular weight excluding hydrogens is 124 g/mol. The lowest BCUT2D eigenvalue weighted by Crippen LogP contribution is -2.27. The van der Waals surface area contributed by atoms with Crippen molar-refractivity contribution in [3.8, 4) is 0 Å². The van der Waals surface area contributed by atoms with Gasteiger partial charge in [-0.15, -0.1) is 0 Å². The molecule has 1 saturated carbocycles. The molecule has 0 amide bonds. The highest BCUT2D eigenvalue weighted by Gasteiger charge is 2.10. The maximum Gasteiger partial charge on any atom is 0.00388 e. The first-order valence-corrected chi connectivity index (χ1v) is 4.30. The molecule has 0 aromatic carbocycles. The van der Waals surface area contributed by atoms with Crippen LogP contribution < -0.4 is 11.5 Å². The van der Waals surface area contributed by atoms with Crippen LogP contribution in [0.25, 0.3) is 0 Å². The molecule has 0 saturated heterocycles. The smallest absolute Gasteiger partial charge is 0.00388 e. The van der Waals surface area contributed by atoms with Gasteiger partial charge in [0.05, 0.1) is 0 Å². The molecule has 2 nitrogen and oxygen atoms in total. The van der Waals surface area contributed by atoms with Crippen molar-refractivity contribution in [3.05, 3.63) is 0 Å². The normalized spacial score (nSPS) is 36.6. The van der Waals surface area contributed by atoms with Crippen LogP contribution in [0.1, 0.15) is 38.5 Å². The van der Waals surface area contributed by atoms with E-state index in [1.165, 1.54) is 38.5 Å². The van der Waals surface area contributed by atoms with E-state index >= 15 is 0 Å². The largest absolute Gasteiger partial charge is 0.328 e. The Kier molecular flexibility index (Phi) is 3.16. The van der Waals surface area contributed by atoms with Gasteiger partial charge in [-0.3, -0.25) is 0 Å². The van der Waals surface area contributed by atoms with Gasteiger partial charge in [0.1, 0.15) is 0 Å². The fourth-order valence-electron chi connectivity index (χ4n) is 1.57. The lowest BCUT2D eigenvalue weighted by atomic mass is 9.95. The number of nitrogens with two attached hydrogens (primary N) is 2. The molecule has 1 aliphatic carbocycles. The highest BCUT2D eigenvalue weighted by molar-refractivity contribution is 4.70. The molecule has 2 heteroatoms. The maximum absolute atomic E-state index is 5.81. The Morgan fingerprint density at radius 1 is 0.700 bits per heavy atom. The summed E-state index contributed by atoms with van der Waals surface area (Å²) >= 11 is 0. The van der Waals surface area contributed by atoms with Gasteiger partial charge in [0, 0.05) is 12.1 Å². The SMILES string of the molecule is NC1CCCC(N)CCC1. The molecule has 0 bridgehead atoms. The highest BCUT2D eigenvalue weighted by atomic mass is 14.7. The summed E-state index contributed by atoms with van der Waals surface area (Å²) in [6.07, 6.45) is 7.15. The van der Waals surface area contributed by atoms with Gasteiger partial charge >= 0.3 is 0 Å². The van der Waals surface area contributed by atoms with E-state index in [-0.39, 0.29) is 0 Å². The second kappa shape index (κ2) is 3.94. The molecule has 60 valence electrons. The topological polar surface area (TPSA) is 52.0 Å². The first-order valence-electron chi connectivity index (χ1n) is 4.30. The van der Waals surface area contributed by atoms with Gasteiger partial charge in [-0.05, 0) is 25.7 Å². The van der Waals surface area contributed by atoms with E-state index < -0.39 is 0 Å². The van der Waals surface area contributed by atoms with E-state index in [4.69, 9.17) is 11.5 Å². The molecule has 0 atom stereocenters. The third-order valence-electron chi connectivity index (χ3n) is 2.30. The van der Waals surface area contributed by atoms with Gasteiger partial charge in [-0.2, -0.15) is 0 Å². The van der Waals surface area contributed by atoms with Crippen LogP contribution in [0.3, 0.4) is 0 Å². The van der Waals surface area contributed by atoms with Gasteiger partial charge in [0.2, 0.25) is 0 Å². The van der Waals surface area contributed by atoms with Crippen LogP contribution >= 0.6 is 0 Å². The Bertz CT molecular complexity index is 73.3. The summed E-state index contributed by atoms with van der Waals surface area (Å²) in [5, 5.41) is 0. The van der Waals surface area contributed by atoms with Gasteiger partial charge in [0.25, 0.3) is 0 Å². The van der Waals surface area contributed by atoms with Gasteiger partial charge in [-0.1, -0.05) is 12.8 Å². The summed E-state index contributed by atoms with van der Waals surface area (Å²) in [5.74, 6) is 0. The number of hydrogen-bond donors (Lipinski definition) is 2. The summed E-state index contributed by atoms with van der Waals surface area (Å²) in [4.78, 5) is 0. The Morgan fingerprint density at radius 3 is 1.30 bits per heavy atom. The molecule has 1 aliphatic rings. The lowest BCUT2D eigenvalue weighted by Gasteiger charge is -2.18. The molecule has 4 N–H and O–H groups in total. The van der Waals surface area contributed by atoms with Crippen molar-refractivity contribution in [3.63, 3.8) is 0 Å². The molecule has 0 radical (unpaired) electrons. The third kappa shape index (κ3) is 2.67. The second-order valence-corrected chi connectivity index (χ2v) is 3.38. The number of hydrogen-bond acceptors (Lipinski definition) is 2. The Balaban J connectivity index is 2.21. The molecule has 0 aromatic heterocycles. The molecule has 0 aliphatic heterocycles. The minimum Gasteiger partial charge on any atom is -0.328 e. The molecule has 0 aromatic rings. The minimum absolute atomic E-state index is 0.451. The zero-order valence-corrected chi connectivity index (χ0v) is 6.55. The van der Waals surface area contributed by atoms with E-state index in [2.05, 4.69) is 0 Å². The summed E-state index contributed by atoms with van der Waals surface area (Å²) in [7, 11) is 0. The number of rotatable bonds is 0. The van der Waals surface area contributed by atoms with Gasteiger partial charge in [0.15, 0.2) is 0 Å². The average molecular weight is 142 g/mol. The molecule has 1 rings (SSSR count). The van der Waals surface area contributed by atoms with Crippen molar-refractivity contribution in [2.75, 3.05) is 0 Å². The van der Waals surface area contributed by atoms with E-state index in [1.807, 2.05) is 0 Å². The van der Waals surface area contributed by atoms with Crippen molar-refractivity contribution in [1.82, 2.24) is 0 Å². The fraction of sp³-hybridized carbons (Fsp3) is 1.00. The van der Waals surface area contributed by atoms with E-state index in [0.717, 1.165) is 0 Å². The first kappa shape index (κ1) is 8.02. The highest BCUT2D eigenvalue weighted by Crippen LogP contribution is 2.14. The Morgan fingerprint density at radius 2 is 1.00 bits per heavy atom. The van der Waals surface area contributed by atoms with Crippen LogP contribution in [-0.4, -0.2) is 12.1 Å². The Hall–Kier alpha value is -0.0800. The van der Waals surface area contributed by atoms with E-state index in [9.17, 15) is 0 Å². The molecule has 1 fully saturated rings. The lowest BCUT2D eigenvalue weighted by molar-refractivity contribution is 0.418. The average Bonchev–Trinajstić information content (AvgIpc) is 1.84. The second-order valence-electron chi connectivity index (χ2n) is 3.38. The summed E-state index contributed by atoms with van der Waals surface area (Å²) in [6.45, 7) is 0. The fourth-order valence-corrected chi connectivity index (χ4v) is 1.57. The van der Waals surface area contributed by atoms with Crippen molar-refractivity contribution in [1.29, 1.82) is 0 Å². The van der Waals surface area contributed by atoms with Crippen molar-refractivity contribution in [2.45, 2.75) is 50.6 Å².